The molecule has 15 heavy (non-hydrogen) atoms. The summed E-state index contributed by atoms with van der Waals surface area (Å²) in [7, 11) is 1.31. The molecule has 0 saturated carbocycles. The Morgan fingerprint density at radius 3 is 2.73 bits per heavy atom. The van der Waals surface area contributed by atoms with Crippen LogP contribution in [0.1, 0.15) is 18.1 Å². The van der Waals surface area contributed by atoms with Crippen molar-refractivity contribution in [3.05, 3.63) is 35.9 Å². The number of methoxy groups -OCH3 is 1. The normalized spacial score (nSPS) is 11.9. The third-order valence-corrected chi connectivity index (χ3v) is 2.06. The van der Waals surface area contributed by atoms with Crippen LogP contribution in [0.2, 0.25) is 0 Å². The molecule has 0 aliphatic carbocycles. The number of hydrogen-bond acceptors (Lipinski definition) is 3. The molecule has 0 aliphatic heterocycles. The lowest BCUT2D eigenvalue weighted by molar-refractivity contribution is 0.155. The molecular weight excluding hydrogens is 194 g/mol. The molecule has 0 radical (unpaired) electrons. The van der Waals surface area contributed by atoms with Crippen LogP contribution in [0.5, 0.6) is 0 Å². The molecule has 4 heteroatoms. The average molecular weight is 209 g/mol. The van der Waals surface area contributed by atoms with Crippen molar-refractivity contribution < 1.29 is 14.6 Å². The van der Waals surface area contributed by atoms with Crippen LogP contribution in [-0.2, 0) is 4.74 Å². The third-order valence-electron chi connectivity index (χ3n) is 2.06. The van der Waals surface area contributed by atoms with Crippen molar-refractivity contribution in [1.29, 1.82) is 0 Å². The van der Waals surface area contributed by atoms with Gasteiger partial charge in [-0.2, -0.15) is 0 Å². The molecule has 4 nitrogen and oxygen atoms in total. The highest BCUT2D eigenvalue weighted by Crippen LogP contribution is 2.14. The molecule has 1 amide bonds. The van der Waals surface area contributed by atoms with Gasteiger partial charge in [0.2, 0.25) is 0 Å². The fourth-order valence-electron chi connectivity index (χ4n) is 1.22. The van der Waals surface area contributed by atoms with E-state index in [0.29, 0.717) is 13.0 Å². The molecule has 0 heterocycles. The second-order valence-electron chi connectivity index (χ2n) is 3.13. The van der Waals surface area contributed by atoms with Crippen molar-refractivity contribution in [3.63, 3.8) is 0 Å². The van der Waals surface area contributed by atoms with Crippen LogP contribution in [0.25, 0.3) is 0 Å². The monoisotopic (exact) mass is 209 g/mol. The van der Waals surface area contributed by atoms with E-state index >= 15 is 0 Å². The molecule has 0 fully saturated rings. The Morgan fingerprint density at radius 2 is 2.13 bits per heavy atom. The van der Waals surface area contributed by atoms with Crippen molar-refractivity contribution in [3.8, 4) is 0 Å². The Labute approximate surface area is 88.9 Å². The van der Waals surface area contributed by atoms with Gasteiger partial charge in [-0.1, -0.05) is 30.3 Å². The molecule has 1 rings (SSSR count). The Morgan fingerprint density at radius 1 is 1.47 bits per heavy atom. The minimum atomic E-state index is -0.552. The first-order valence-corrected chi connectivity index (χ1v) is 4.79. The molecule has 0 unspecified atom stereocenters. The molecule has 1 aromatic rings. The highest BCUT2D eigenvalue weighted by Gasteiger charge is 2.07. The van der Waals surface area contributed by atoms with E-state index in [0.717, 1.165) is 5.56 Å². The van der Waals surface area contributed by atoms with E-state index in [9.17, 15) is 9.90 Å². The number of benzene rings is 1. The van der Waals surface area contributed by atoms with Crippen LogP contribution in [0, 0.1) is 0 Å². The fraction of sp³-hybridized carbons (Fsp3) is 0.364. The van der Waals surface area contributed by atoms with Gasteiger partial charge in [0.05, 0.1) is 13.2 Å². The highest BCUT2D eigenvalue weighted by atomic mass is 16.5. The summed E-state index contributed by atoms with van der Waals surface area (Å²) in [6.45, 7) is 0.392. The molecular formula is C11H15NO3. The number of aliphatic hydroxyl groups is 1. The Balaban J connectivity index is 2.31. The van der Waals surface area contributed by atoms with Gasteiger partial charge in [0.25, 0.3) is 0 Å². The lowest BCUT2D eigenvalue weighted by Crippen LogP contribution is -2.25. The summed E-state index contributed by atoms with van der Waals surface area (Å²) in [6, 6.07) is 9.33. The maximum absolute atomic E-state index is 10.7. The van der Waals surface area contributed by atoms with Crippen LogP contribution < -0.4 is 5.32 Å². The zero-order valence-electron chi connectivity index (χ0n) is 8.64. The minimum absolute atomic E-state index is 0.392. The van der Waals surface area contributed by atoms with Crippen molar-refractivity contribution in [1.82, 2.24) is 5.32 Å². The van der Waals surface area contributed by atoms with Crippen LogP contribution in [-0.4, -0.2) is 24.9 Å². The van der Waals surface area contributed by atoms with Crippen molar-refractivity contribution in [2.75, 3.05) is 13.7 Å². The lowest BCUT2D eigenvalue weighted by Gasteiger charge is -2.10. The number of nitrogens with one attached hydrogen (secondary N) is 1. The van der Waals surface area contributed by atoms with E-state index < -0.39 is 12.2 Å². The highest BCUT2D eigenvalue weighted by molar-refractivity contribution is 5.66. The zero-order chi connectivity index (χ0) is 11.1. The Kier molecular flexibility index (Phi) is 4.63. The maximum Gasteiger partial charge on any atom is 0.406 e. The molecule has 2 N–H and O–H groups in total. The number of carbonyl (C=O) groups excluding carboxylic acids is 1. The predicted octanol–water partition coefficient (Wildman–Crippen LogP) is 1.47. The van der Waals surface area contributed by atoms with E-state index in [2.05, 4.69) is 10.1 Å². The summed E-state index contributed by atoms with van der Waals surface area (Å²) < 4.78 is 4.41. The number of alkyl carbamates (subject to hydrolysis) is 1. The fourth-order valence-corrected chi connectivity index (χ4v) is 1.22. The van der Waals surface area contributed by atoms with E-state index in [4.69, 9.17) is 0 Å². The molecule has 1 aromatic carbocycles. The van der Waals surface area contributed by atoms with E-state index in [1.165, 1.54) is 7.11 Å². The number of hydrogen-bond donors (Lipinski definition) is 2. The first kappa shape index (κ1) is 11.5. The van der Waals surface area contributed by atoms with Gasteiger partial charge in [-0.05, 0) is 12.0 Å². The van der Waals surface area contributed by atoms with Gasteiger partial charge in [0, 0.05) is 6.54 Å². The molecule has 0 bridgehead atoms. The van der Waals surface area contributed by atoms with Crippen molar-refractivity contribution in [2.24, 2.45) is 0 Å². The first-order valence-electron chi connectivity index (χ1n) is 4.79. The zero-order valence-corrected chi connectivity index (χ0v) is 8.64. The SMILES string of the molecule is COC(=O)NCC[C@H](O)c1ccccc1. The van der Waals surface area contributed by atoms with Gasteiger partial charge in [0.1, 0.15) is 0 Å². The largest absolute Gasteiger partial charge is 0.453 e. The molecule has 0 aliphatic rings. The van der Waals surface area contributed by atoms with Crippen LogP contribution in [0.15, 0.2) is 30.3 Å². The molecule has 82 valence electrons. The Bertz CT molecular complexity index is 300. The topological polar surface area (TPSA) is 58.6 Å². The predicted molar refractivity (Wildman–Crippen MR) is 56.4 cm³/mol. The van der Waals surface area contributed by atoms with E-state index in [1.807, 2.05) is 30.3 Å². The second kappa shape index (κ2) is 6.03. The summed E-state index contributed by atoms with van der Waals surface area (Å²) in [5, 5.41) is 12.2. The van der Waals surface area contributed by atoms with E-state index in [1.54, 1.807) is 0 Å². The molecule has 0 aromatic heterocycles. The van der Waals surface area contributed by atoms with Gasteiger partial charge < -0.3 is 15.2 Å². The molecule has 1 atom stereocenters. The Hall–Kier alpha value is -1.55. The maximum atomic E-state index is 10.7. The van der Waals surface area contributed by atoms with Gasteiger partial charge in [-0.3, -0.25) is 0 Å². The average Bonchev–Trinajstić information content (AvgIpc) is 2.29. The van der Waals surface area contributed by atoms with Crippen LogP contribution in [0.4, 0.5) is 4.79 Å². The summed E-state index contributed by atoms with van der Waals surface area (Å²) in [5.41, 5.74) is 0.851. The summed E-state index contributed by atoms with van der Waals surface area (Å²) in [4.78, 5) is 10.7. The quantitative estimate of drug-likeness (QED) is 0.789. The van der Waals surface area contributed by atoms with Crippen molar-refractivity contribution >= 4 is 6.09 Å². The molecule has 0 saturated heterocycles. The van der Waals surface area contributed by atoms with Gasteiger partial charge in [0.15, 0.2) is 0 Å². The van der Waals surface area contributed by atoms with Gasteiger partial charge in [-0.15, -0.1) is 0 Å². The van der Waals surface area contributed by atoms with Crippen LogP contribution in [0.3, 0.4) is 0 Å². The number of amides is 1. The summed E-state index contributed by atoms with van der Waals surface area (Å²) in [6.07, 6.45) is -0.558. The smallest absolute Gasteiger partial charge is 0.406 e. The lowest BCUT2D eigenvalue weighted by atomic mass is 10.1. The summed E-state index contributed by atoms with van der Waals surface area (Å²) in [5.74, 6) is 0. The number of carbonyl (C=O) groups is 1. The first-order chi connectivity index (χ1) is 7.24. The third kappa shape index (κ3) is 3.99. The number of aliphatic hydroxyl groups excluding tert-OH is 1. The summed E-state index contributed by atoms with van der Waals surface area (Å²) >= 11 is 0. The standard InChI is InChI=1S/C11H15NO3/c1-15-11(14)12-8-7-10(13)9-5-3-2-4-6-9/h2-6,10,13H,7-8H2,1H3,(H,12,14)/t10-/m0/s1. The van der Waals surface area contributed by atoms with Crippen LogP contribution >= 0.6 is 0 Å². The van der Waals surface area contributed by atoms with Gasteiger partial charge in [-0.25, -0.2) is 4.79 Å². The van der Waals surface area contributed by atoms with Gasteiger partial charge >= 0.3 is 6.09 Å². The molecule has 0 spiro atoms. The number of rotatable bonds is 4. The van der Waals surface area contributed by atoms with E-state index in [-0.39, 0.29) is 0 Å². The minimum Gasteiger partial charge on any atom is -0.453 e. The van der Waals surface area contributed by atoms with Crippen molar-refractivity contribution in [2.45, 2.75) is 12.5 Å². The number of ether oxygens (including phenoxy) is 1. The second-order valence-corrected chi connectivity index (χ2v) is 3.13.